The van der Waals surface area contributed by atoms with E-state index in [2.05, 4.69) is 67.2 Å². The Balaban J connectivity index is 1.87. The predicted octanol–water partition coefficient (Wildman–Crippen LogP) is 3.42. The van der Waals surface area contributed by atoms with Crippen LogP contribution in [0, 0.1) is 13.8 Å². The van der Waals surface area contributed by atoms with Gasteiger partial charge in [0.25, 0.3) is 0 Å². The van der Waals surface area contributed by atoms with Crippen molar-refractivity contribution < 1.29 is 0 Å². The van der Waals surface area contributed by atoms with Crippen molar-refractivity contribution in [1.29, 1.82) is 0 Å². The third-order valence-electron chi connectivity index (χ3n) is 2.63. The average molecular weight is 226 g/mol. The molecule has 2 aromatic rings. The summed E-state index contributed by atoms with van der Waals surface area (Å²) in [4.78, 5) is 0. The predicted molar refractivity (Wildman–Crippen MR) is 72.8 cm³/mol. The Morgan fingerprint density at radius 1 is 0.882 bits per heavy atom. The number of aryl methyl sites for hydroxylation is 2. The highest BCUT2D eigenvalue weighted by Crippen LogP contribution is 2.08. The summed E-state index contributed by atoms with van der Waals surface area (Å²) in [6, 6.07) is 16.8. The van der Waals surface area contributed by atoms with E-state index < -0.39 is 0 Å². The van der Waals surface area contributed by atoms with Crippen molar-refractivity contribution in [1.82, 2.24) is 5.43 Å². The fourth-order valence-electron chi connectivity index (χ4n) is 1.79. The van der Waals surface area contributed by atoms with Crippen molar-refractivity contribution in [3.63, 3.8) is 0 Å². The summed E-state index contributed by atoms with van der Waals surface area (Å²) in [6.07, 6.45) is 0. The maximum atomic E-state index is 3.22. The van der Waals surface area contributed by atoms with Crippen molar-refractivity contribution >= 4 is 5.69 Å². The first-order chi connectivity index (χ1) is 8.24. The van der Waals surface area contributed by atoms with Gasteiger partial charge in [-0.05, 0) is 37.1 Å². The molecule has 0 spiro atoms. The first-order valence-electron chi connectivity index (χ1n) is 5.85. The van der Waals surface area contributed by atoms with Gasteiger partial charge in [-0.2, -0.15) is 0 Å². The van der Waals surface area contributed by atoms with Gasteiger partial charge in [0.05, 0.1) is 0 Å². The zero-order valence-corrected chi connectivity index (χ0v) is 10.3. The molecule has 0 amide bonds. The Kier molecular flexibility index (Phi) is 3.78. The highest BCUT2D eigenvalue weighted by molar-refractivity contribution is 5.44. The Labute approximate surface area is 103 Å². The number of rotatable bonds is 4. The van der Waals surface area contributed by atoms with E-state index in [1.807, 2.05) is 6.07 Å². The number of benzene rings is 2. The Morgan fingerprint density at radius 3 is 2.29 bits per heavy atom. The fraction of sp³-hybridized carbons (Fsp3) is 0.200. The van der Waals surface area contributed by atoms with Crippen LogP contribution in [0.25, 0.3) is 0 Å². The van der Waals surface area contributed by atoms with Gasteiger partial charge < -0.3 is 5.43 Å². The number of hydrogen-bond acceptors (Lipinski definition) is 2. The summed E-state index contributed by atoms with van der Waals surface area (Å²) in [7, 11) is 0. The van der Waals surface area contributed by atoms with Gasteiger partial charge >= 0.3 is 0 Å². The lowest BCUT2D eigenvalue weighted by molar-refractivity contribution is 0.800. The van der Waals surface area contributed by atoms with Crippen molar-refractivity contribution in [2.75, 3.05) is 5.43 Å². The number of hydrogen-bond donors (Lipinski definition) is 2. The second-order valence-corrected chi connectivity index (χ2v) is 4.34. The molecule has 0 saturated carbocycles. The Hall–Kier alpha value is -1.80. The maximum absolute atomic E-state index is 3.22. The molecule has 0 aliphatic rings. The topological polar surface area (TPSA) is 24.1 Å². The van der Waals surface area contributed by atoms with E-state index in [9.17, 15) is 0 Å². The second-order valence-electron chi connectivity index (χ2n) is 4.34. The molecule has 2 nitrogen and oxygen atoms in total. The summed E-state index contributed by atoms with van der Waals surface area (Å²) < 4.78 is 0. The molecule has 0 aliphatic carbocycles. The normalized spacial score (nSPS) is 10.2. The lowest BCUT2D eigenvalue weighted by Gasteiger charge is -2.09. The zero-order valence-electron chi connectivity index (χ0n) is 10.3. The van der Waals surface area contributed by atoms with Crippen LogP contribution in [-0.2, 0) is 6.54 Å². The van der Waals surface area contributed by atoms with Gasteiger partial charge in [0.15, 0.2) is 0 Å². The van der Waals surface area contributed by atoms with Crippen molar-refractivity contribution in [3.8, 4) is 0 Å². The average Bonchev–Trinajstić information content (AvgIpc) is 2.29. The van der Waals surface area contributed by atoms with E-state index in [4.69, 9.17) is 0 Å². The van der Waals surface area contributed by atoms with Crippen LogP contribution in [0.3, 0.4) is 0 Å². The van der Waals surface area contributed by atoms with Gasteiger partial charge in [-0.1, -0.05) is 42.0 Å². The summed E-state index contributed by atoms with van der Waals surface area (Å²) in [5.74, 6) is 0. The molecule has 0 heterocycles. The zero-order chi connectivity index (χ0) is 12.1. The minimum Gasteiger partial charge on any atom is -0.321 e. The molecule has 0 unspecified atom stereocenters. The van der Waals surface area contributed by atoms with Crippen LogP contribution >= 0.6 is 0 Å². The number of hydrazine groups is 1. The molecule has 0 aliphatic heterocycles. The summed E-state index contributed by atoms with van der Waals surface area (Å²) >= 11 is 0. The van der Waals surface area contributed by atoms with Gasteiger partial charge in [0, 0.05) is 12.2 Å². The molecular formula is C15H18N2. The lowest BCUT2D eigenvalue weighted by atomic mass is 10.1. The van der Waals surface area contributed by atoms with Crippen LogP contribution in [-0.4, -0.2) is 0 Å². The third-order valence-corrected chi connectivity index (χ3v) is 2.63. The molecule has 2 heteroatoms. The van der Waals surface area contributed by atoms with Crippen LogP contribution in [0.1, 0.15) is 16.7 Å². The molecule has 2 N–H and O–H groups in total. The van der Waals surface area contributed by atoms with Gasteiger partial charge in [-0.25, -0.2) is 5.43 Å². The number of anilines is 1. The lowest BCUT2D eigenvalue weighted by Crippen LogP contribution is -2.20. The number of nitrogens with one attached hydrogen (secondary N) is 2. The van der Waals surface area contributed by atoms with Crippen LogP contribution in [0.2, 0.25) is 0 Å². The summed E-state index contributed by atoms with van der Waals surface area (Å²) in [6.45, 7) is 5.01. The van der Waals surface area contributed by atoms with Crippen molar-refractivity contribution in [2.24, 2.45) is 0 Å². The quantitative estimate of drug-likeness (QED) is 0.781. The third kappa shape index (κ3) is 3.61. The maximum Gasteiger partial charge on any atom is 0.0490 e. The summed E-state index contributed by atoms with van der Waals surface area (Å²) in [5.41, 5.74) is 11.4. The molecule has 0 saturated heterocycles. The van der Waals surface area contributed by atoms with E-state index in [1.54, 1.807) is 0 Å². The van der Waals surface area contributed by atoms with E-state index in [1.165, 1.54) is 16.7 Å². The Morgan fingerprint density at radius 2 is 1.59 bits per heavy atom. The molecule has 17 heavy (non-hydrogen) atoms. The smallest absolute Gasteiger partial charge is 0.0490 e. The monoisotopic (exact) mass is 226 g/mol. The fourth-order valence-corrected chi connectivity index (χ4v) is 1.79. The van der Waals surface area contributed by atoms with Gasteiger partial charge in [0.2, 0.25) is 0 Å². The van der Waals surface area contributed by atoms with Crippen LogP contribution in [0.5, 0.6) is 0 Å². The highest BCUT2D eigenvalue weighted by atomic mass is 15.3. The van der Waals surface area contributed by atoms with E-state index in [0.717, 1.165) is 12.2 Å². The van der Waals surface area contributed by atoms with Gasteiger partial charge in [0.1, 0.15) is 0 Å². The molecule has 0 fully saturated rings. The minimum absolute atomic E-state index is 0.815. The molecule has 0 atom stereocenters. The second kappa shape index (κ2) is 5.51. The largest absolute Gasteiger partial charge is 0.321 e. The highest BCUT2D eigenvalue weighted by Gasteiger charge is 1.94. The molecule has 0 aromatic heterocycles. The van der Waals surface area contributed by atoms with Crippen LogP contribution in [0.15, 0.2) is 48.5 Å². The van der Waals surface area contributed by atoms with Crippen molar-refractivity contribution in [2.45, 2.75) is 20.4 Å². The van der Waals surface area contributed by atoms with E-state index in [-0.39, 0.29) is 0 Å². The minimum atomic E-state index is 0.815. The first-order valence-corrected chi connectivity index (χ1v) is 5.85. The SMILES string of the molecule is Cc1cccc(CNNc2cccc(C)c2)c1. The molecule has 0 radical (unpaired) electrons. The van der Waals surface area contributed by atoms with Crippen molar-refractivity contribution in [3.05, 3.63) is 65.2 Å². The molecule has 88 valence electrons. The molecule has 2 rings (SSSR count). The van der Waals surface area contributed by atoms with Crippen LogP contribution < -0.4 is 10.9 Å². The van der Waals surface area contributed by atoms with E-state index in [0.29, 0.717) is 0 Å². The van der Waals surface area contributed by atoms with Crippen LogP contribution in [0.4, 0.5) is 5.69 Å². The first kappa shape index (κ1) is 11.7. The molecule has 0 bridgehead atoms. The van der Waals surface area contributed by atoms with Gasteiger partial charge in [-0.15, -0.1) is 0 Å². The standard InChI is InChI=1S/C15H18N2/c1-12-5-3-7-14(9-12)11-16-17-15-8-4-6-13(2)10-15/h3-10,16-17H,11H2,1-2H3. The molecular weight excluding hydrogens is 208 g/mol. The van der Waals surface area contributed by atoms with E-state index >= 15 is 0 Å². The Bertz CT molecular complexity index is 446. The molecule has 2 aromatic carbocycles. The summed E-state index contributed by atoms with van der Waals surface area (Å²) in [5, 5.41) is 0. The van der Waals surface area contributed by atoms with Gasteiger partial charge in [-0.3, -0.25) is 0 Å².